The normalized spacial score (nSPS) is 16.3. The molecule has 1 aromatic rings. The van der Waals surface area contributed by atoms with E-state index in [1.54, 1.807) is 26.4 Å². The Balaban J connectivity index is 2.32. The van der Waals surface area contributed by atoms with Crippen LogP contribution in [0.4, 0.5) is 0 Å². The fourth-order valence-electron chi connectivity index (χ4n) is 2.06. The van der Waals surface area contributed by atoms with Crippen LogP contribution >= 0.6 is 0 Å². The zero-order valence-electron chi connectivity index (χ0n) is 10.3. The highest BCUT2D eigenvalue weighted by molar-refractivity contribution is 5.89. The first-order chi connectivity index (χ1) is 8.63. The molecule has 0 atom stereocenters. The Labute approximate surface area is 105 Å². The summed E-state index contributed by atoms with van der Waals surface area (Å²) in [5.41, 5.74) is 0.823. The molecule has 1 aliphatic rings. The molecule has 0 bridgehead atoms. The van der Waals surface area contributed by atoms with E-state index in [0.29, 0.717) is 11.5 Å². The molecule has 2 rings (SSSR count). The number of esters is 2. The van der Waals surface area contributed by atoms with E-state index in [-0.39, 0.29) is 18.8 Å². The summed E-state index contributed by atoms with van der Waals surface area (Å²) in [6.45, 7) is 0. The van der Waals surface area contributed by atoms with E-state index in [2.05, 4.69) is 4.74 Å². The van der Waals surface area contributed by atoms with Crippen LogP contribution in [0, 0.1) is 0 Å². The number of ether oxygens (including phenoxy) is 3. The quantitative estimate of drug-likeness (QED) is 0.603. The first-order valence-electron chi connectivity index (χ1n) is 5.59. The van der Waals surface area contributed by atoms with Gasteiger partial charge in [0.1, 0.15) is 11.5 Å². The molecule has 0 N–H and O–H groups in total. The van der Waals surface area contributed by atoms with Crippen LogP contribution < -0.4 is 9.47 Å². The smallest absolute Gasteiger partial charge is 0.314 e. The average molecular weight is 250 g/mol. The Morgan fingerprint density at radius 3 is 2.33 bits per heavy atom. The molecule has 96 valence electrons. The minimum atomic E-state index is -0.492. The third-order valence-corrected chi connectivity index (χ3v) is 2.93. The maximum Gasteiger partial charge on any atom is 0.314 e. The number of rotatable bonds is 3. The fraction of sp³-hybridized carbons (Fsp3) is 0.385. The molecule has 0 aliphatic carbocycles. The van der Waals surface area contributed by atoms with Crippen LogP contribution in [-0.4, -0.2) is 26.2 Å². The van der Waals surface area contributed by atoms with Gasteiger partial charge in [0.05, 0.1) is 27.1 Å². The van der Waals surface area contributed by atoms with Gasteiger partial charge in [-0.3, -0.25) is 9.59 Å². The van der Waals surface area contributed by atoms with Gasteiger partial charge in [-0.25, -0.2) is 0 Å². The lowest BCUT2D eigenvalue weighted by Gasteiger charge is -2.22. The third kappa shape index (κ3) is 2.45. The molecule has 0 saturated carbocycles. The van der Waals surface area contributed by atoms with Crippen LogP contribution in [0.3, 0.4) is 0 Å². The Morgan fingerprint density at radius 1 is 1.11 bits per heavy atom. The lowest BCUT2D eigenvalue weighted by molar-refractivity contribution is -0.163. The molecule has 0 spiro atoms. The molecule has 5 heteroatoms. The molecular weight excluding hydrogens is 236 g/mol. The van der Waals surface area contributed by atoms with E-state index < -0.39 is 11.9 Å². The standard InChI is InChI=1S/C13H14O5/c1-16-9-3-4-10(11(7-9)17-2)8-5-12(14)18-13(15)6-8/h3-4,7-8H,5-6H2,1-2H3. The lowest BCUT2D eigenvalue weighted by Crippen LogP contribution is -2.24. The van der Waals surface area contributed by atoms with E-state index in [1.165, 1.54) is 0 Å². The van der Waals surface area contributed by atoms with Gasteiger partial charge in [0.25, 0.3) is 0 Å². The van der Waals surface area contributed by atoms with Crippen LogP contribution in [0.5, 0.6) is 11.5 Å². The summed E-state index contributed by atoms with van der Waals surface area (Å²) < 4.78 is 14.9. The van der Waals surface area contributed by atoms with E-state index in [9.17, 15) is 9.59 Å². The molecule has 0 radical (unpaired) electrons. The van der Waals surface area contributed by atoms with Crippen LogP contribution in [0.2, 0.25) is 0 Å². The van der Waals surface area contributed by atoms with E-state index in [1.807, 2.05) is 6.07 Å². The van der Waals surface area contributed by atoms with Gasteiger partial charge in [-0.1, -0.05) is 6.07 Å². The number of carbonyl (C=O) groups is 2. The zero-order valence-corrected chi connectivity index (χ0v) is 10.3. The number of hydrogen-bond donors (Lipinski definition) is 0. The van der Waals surface area contributed by atoms with Gasteiger partial charge in [0.15, 0.2) is 0 Å². The highest BCUT2D eigenvalue weighted by Crippen LogP contribution is 2.36. The van der Waals surface area contributed by atoms with Crippen molar-refractivity contribution in [2.24, 2.45) is 0 Å². The molecular formula is C13H14O5. The monoisotopic (exact) mass is 250 g/mol. The molecule has 1 heterocycles. The van der Waals surface area contributed by atoms with E-state index in [0.717, 1.165) is 5.56 Å². The minimum Gasteiger partial charge on any atom is -0.497 e. The second kappa shape index (κ2) is 5.08. The lowest BCUT2D eigenvalue weighted by atomic mass is 9.90. The Hall–Kier alpha value is -2.04. The summed E-state index contributed by atoms with van der Waals surface area (Å²) in [5, 5.41) is 0. The van der Waals surface area contributed by atoms with E-state index in [4.69, 9.17) is 9.47 Å². The van der Waals surface area contributed by atoms with Crippen molar-refractivity contribution in [1.82, 2.24) is 0 Å². The van der Waals surface area contributed by atoms with Crippen LogP contribution in [0.25, 0.3) is 0 Å². The molecule has 18 heavy (non-hydrogen) atoms. The summed E-state index contributed by atoms with van der Waals surface area (Å²) in [5.74, 6) is 0.102. The number of benzene rings is 1. The van der Waals surface area contributed by atoms with Crippen LogP contribution in [0.15, 0.2) is 18.2 Å². The largest absolute Gasteiger partial charge is 0.497 e. The van der Waals surface area contributed by atoms with Gasteiger partial charge in [0.2, 0.25) is 0 Å². The molecule has 0 unspecified atom stereocenters. The summed E-state index contributed by atoms with van der Waals surface area (Å²) in [7, 11) is 3.11. The predicted octanol–water partition coefficient (Wildman–Crippen LogP) is 1.65. The first kappa shape index (κ1) is 12.4. The minimum absolute atomic E-state index is 0.189. The van der Waals surface area contributed by atoms with Crippen molar-refractivity contribution in [2.45, 2.75) is 18.8 Å². The van der Waals surface area contributed by atoms with Crippen molar-refractivity contribution in [3.8, 4) is 11.5 Å². The highest BCUT2D eigenvalue weighted by Gasteiger charge is 2.30. The molecule has 1 saturated heterocycles. The van der Waals surface area contributed by atoms with Gasteiger partial charge in [-0.15, -0.1) is 0 Å². The van der Waals surface area contributed by atoms with Gasteiger partial charge >= 0.3 is 11.9 Å². The van der Waals surface area contributed by atoms with Gasteiger partial charge in [-0.05, 0) is 11.6 Å². The van der Waals surface area contributed by atoms with Crippen molar-refractivity contribution < 1.29 is 23.8 Å². The Bertz CT molecular complexity index is 464. The van der Waals surface area contributed by atoms with Crippen molar-refractivity contribution in [3.63, 3.8) is 0 Å². The van der Waals surface area contributed by atoms with Crippen molar-refractivity contribution in [2.75, 3.05) is 14.2 Å². The highest BCUT2D eigenvalue weighted by atomic mass is 16.6. The van der Waals surface area contributed by atoms with Gasteiger partial charge in [0, 0.05) is 12.0 Å². The molecule has 0 aromatic heterocycles. The van der Waals surface area contributed by atoms with Gasteiger partial charge in [-0.2, -0.15) is 0 Å². The topological polar surface area (TPSA) is 61.8 Å². The maximum atomic E-state index is 11.3. The molecule has 1 fully saturated rings. The number of cyclic esters (lactones) is 2. The summed E-state index contributed by atoms with van der Waals surface area (Å²) in [4.78, 5) is 22.5. The number of carbonyl (C=O) groups excluding carboxylic acids is 2. The zero-order chi connectivity index (χ0) is 13.1. The second-order valence-electron chi connectivity index (χ2n) is 4.06. The number of hydrogen-bond acceptors (Lipinski definition) is 5. The van der Waals surface area contributed by atoms with Crippen LogP contribution in [-0.2, 0) is 14.3 Å². The summed E-state index contributed by atoms with van der Waals surface area (Å²) >= 11 is 0. The molecule has 1 aromatic carbocycles. The third-order valence-electron chi connectivity index (χ3n) is 2.93. The Kier molecular flexibility index (Phi) is 3.50. The fourth-order valence-corrected chi connectivity index (χ4v) is 2.06. The summed E-state index contributed by atoms with van der Waals surface area (Å²) in [6.07, 6.45) is 0.378. The maximum absolute atomic E-state index is 11.3. The van der Waals surface area contributed by atoms with Crippen molar-refractivity contribution in [1.29, 1.82) is 0 Å². The van der Waals surface area contributed by atoms with E-state index >= 15 is 0 Å². The molecule has 5 nitrogen and oxygen atoms in total. The Morgan fingerprint density at radius 2 is 1.78 bits per heavy atom. The average Bonchev–Trinajstić information content (AvgIpc) is 2.36. The summed E-state index contributed by atoms with van der Waals surface area (Å²) in [6, 6.07) is 5.33. The van der Waals surface area contributed by atoms with Gasteiger partial charge < -0.3 is 14.2 Å². The van der Waals surface area contributed by atoms with Crippen molar-refractivity contribution in [3.05, 3.63) is 23.8 Å². The SMILES string of the molecule is COc1ccc(C2CC(=O)OC(=O)C2)c(OC)c1. The molecule has 0 amide bonds. The second-order valence-corrected chi connectivity index (χ2v) is 4.06. The van der Waals surface area contributed by atoms with Crippen molar-refractivity contribution >= 4 is 11.9 Å². The first-order valence-corrected chi connectivity index (χ1v) is 5.59. The predicted molar refractivity (Wildman–Crippen MR) is 62.6 cm³/mol. The molecule has 1 aliphatic heterocycles. The number of methoxy groups -OCH3 is 2. The van der Waals surface area contributed by atoms with Crippen LogP contribution in [0.1, 0.15) is 24.3 Å².